The fraction of sp³-hybridized carbons (Fsp3) is 0.521. The third-order valence-electron chi connectivity index (χ3n) is 22.0. The van der Waals surface area contributed by atoms with E-state index in [1.54, 1.807) is 0 Å². The molecule has 0 N–H and O–H groups in total. The van der Waals surface area contributed by atoms with E-state index in [2.05, 4.69) is 290 Å². The fourth-order valence-corrected chi connectivity index (χ4v) is 14.3. The number of ketones is 2. The van der Waals surface area contributed by atoms with E-state index in [1.807, 2.05) is 92.0 Å². The van der Waals surface area contributed by atoms with Crippen molar-refractivity contribution in [1.82, 2.24) is 60.0 Å². The fourth-order valence-electron chi connectivity index (χ4n) is 14.3. The number of nitrogens with zero attached hydrogens (tertiary/aromatic N) is 14. The molecule has 11 rings (SSSR count). The van der Waals surface area contributed by atoms with Crippen LogP contribution >= 0.6 is 0 Å². The summed E-state index contributed by atoms with van der Waals surface area (Å²) >= 11 is 0. The molecule has 0 radical (unpaired) electrons. The smallest absolute Gasteiger partial charge is 0.162 e. The Balaban J connectivity index is 0.743. The number of hydrogen-bond donors (Lipinski definition) is 0. The number of benzene rings is 6. The van der Waals surface area contributed by atoms with E-state index in [4.69, 9.17) is 18.9 Å². The van der Waals surface area contributed by atoms with Crippen LogP contribution in [0.1, 0.15) is 279 Å². The summed E-state index contributed by atoms with van der Waals surface area (Å²) in [6.45, 7) is 61.2. The zero-order valence-corrected chi connectivity index (χ0v) is 74.0. The van der Waals surface area contributed by atoms with Gasteiger partial charge < -0.3 is 28.7 Å². The molecule has 4 aromatic heterocycles. The molecule has 6 aromatic carbocycles. The van der Waals surface area contributed by atoms with Crippen LogP contribution < -0.4 is 9.80 Å². The van der Waals surface area contributed by atoms with Gasteiger partial charge in [0.1, 0.15) is 34.6 Å². The normalized spacial score (nSPS) is 14.8. The van der Waals surface area contributed by atoms with E-state index in [9.17, 15) is 9.59 Å². The first-order valence-corrected chi connectivity index (χ1v) is 41.5. The van der Waals surface area contributed by atoms with Gasteiger partial charge in [0.25, 0.3) is 0 Å². The minimum atomic E-state index is -0.877. The summed E-state index contributed by atoms with van der Waals surface area (Å²) in [5.74, 6) is -2.01. The van der Waals surface area contributed by atoms with Crippen molar-refractivity contribution in [3.05, 3.63) is 247 Å². The predicted molar refractivity (Wildman–Crippen MR) is 463 cm³/mol. The topological polar surface area (TPSA) is 200 Å². The number of rotatable bonds is 32. The summed E-state index contributed by atoms with van der Waals surface area (Å²) in [6, 6.07) is 43.1. The van der Waals surface area contributed by atoms with E-state index in [1.165, 1.54) is 66.8 Å². The quantitative estimate of drug-likeness (QED) is 0.0284. The lowest BCUT2D eigenvalue weighted by Gasteiger charge is -2.33. The highest BCUT2D eigenvalue weighted by atomic mass is 16.5. The second-order valence-electron chi connectivity index (χ2n) is 40.3. The maximum atomic E-state index is 14.4. The Morgan fingerprint density at radius 3 is 0.655 bits per heavy atom. The maximum absolute atomic E-state index is 14.4. The molecule has 0 spiro atoms. The van der Waals surface area contributed by atoms with Crippen LogP contribution in [-0.4, -0.2) is 124 Å². The molecule has 0 unspecified atom stereocenters. The van der Waals surface area contributed by atoms with Crippen LogP contribution in [-0.2, 0) is 124 Å². The molecular weight excluding hydrogens is 1450 g/mol. The van der Waals surface area contributed by atoms with Crippen molar-refractivity contribution in [2.24, 2.45) is 0 Å². The lowest BCUT2D eigenvalue weighted by Crippen LogP contribution is -2.44. The zero-order valence-electron chi connectivity index (χ0n) is 74.0. The van der Waals surface area contributed by atoms with Crippen molar-refractivity contribution in [3.8, 4) is 0 Å². The van der Waals surface area contributed by atoms with Crippen molar-refractivity contribution >= 4 is 22.9 Å². The van der Waals surface area contributed by atoms with Gasteiger partial charge in [-0.15, -0.1) is 20.4 Å². The zero-order chi connectivity index (χ0) is 84.1. The third-order valence-corrected chi connectivity index (χ3v) is 22.0. The third kappa shape index (κ3) is 23.5. The molecule has 4 heterocycles. The van der Waals surface area contributed by atoms with Gasteiger partial charge in [-0.3, -0.25) is 9.59 Å². The Labute approximate surface area is 690 Å². The molecule has 1 aliphatic rings. The summed E-state index contributed by atoms with van der Waals surface area (Å²) < 4.78 is 32.9. The van der Waals surface area contributed by atoms with Gasteiger partial charge in [0.05, 0.1) is 104 Å². The second-order valence-corrected chi connectivity index (χ2v) is 40.3. The number of ether oxygens (including phenoxy) is 4. The minimum absolute atomic E-state index is 0.00496. The SMILES string of the molecule is CC(C)(C)c1cc(Cn2cc(COCCN(CCOCc3cn(Cc4cc(C(C)(C)C)cc(C(C)(C)C)c4)nn3)c3ccc(C4C(=O)C(c5ccc(N(CCOCc6cn(Cc7cc(C(C)(C)C)cc(C(C)(C)C)c7)nn6)CCOCc6cn(Cc7cc(C(C)(C)C)cc(C(C)(C)C)c7)nn6)cc5)C4=O)cc3)nn2)cc(C(C)(C)C)c1. The Bertz CT molecular complexity index is 4270. The van der Waals surface area contributed by atoms with E-state index in [0.29, 0.717) is 89.9 Å². The first-order chi connectivity index (χ1) is 54.3. The number of hydrogen-bond acceptors (Lipinski definition) is 16. The molecular formula is C96H130N14O6. The lowest BCUT2D eigenvalue weighted by molar-refractivity contribution is -0.142. The lowest BCUT2D eigenvalue weighted by atomic mass is 9.66. The molecule has 20 nitrogen and oxygen atoms in total. The van der Waals surface area contributed by atoms with Crippen LogP contribution in [0.5, 0.6) is 0 Å². The first-order valence-electron chi connectivity index (χ1n) is 41.5. The Morgan fingerprint density at radius 2 is 0.474 bits per heavy atom. The summed E-state index contributed by atoms with van der Waals surface area (Å²) in [5.41, 5.74) is 21.1. The molecule has 0 saturated heterocycles. The van der Waals surface area contributed by atoms with Crippen molar-refractivity contribution in [1.29, 1.82) is 0 Å². The van der Waals surface area contributed by atoms with Crippen molar-refractivity contribution in [3.63, 3.8) is 0 Å². The van der Waals surface area contributed by atoms with Gasteiger partial charge in [-0.1, -0.05) is 284 Å². The van der Waals surface area contributed by atoms with E-state index >= 15 is 0 Å². The molecule has 10 aromatic rings. The average Bonchev–Trinajstić information content (AvgIpc) is 1.01. The molecule has 1 aliphatic carbocycles. The monoisotopic (exact) mass is 1580 g/mol. The second kappa shape index (κ2) is 35.5. The highest BCUT2D eigenvalue weighted by Crippen LogP contribution is 2.43. The maximum Gasteiger partial charge on any atom is 0.162 e. The van der Waals surface area contributed by atoms with Gasteiger partial charge in [-0.05, 0) is 145 Å². The number of carbonyl (C=O) groups excluding carboxylic acids is 2. The minimum Gasteiger partial charge on any atom is -0.373 e. The standard InChI is InChI=1S/C96H130N14O6/c1-89(2,3)71-41-65(42-72(49-71)90(4,5)6)53-107-57-79(97-101-107)61-113-37-33-105(34-38-114-62-80-58-108(102-98-80)54-66-43-73(91(7,8)9)50-74(44-66)92(10,11)12)83-29-25-69(26-30-83)85-87(111)86(88(85)112)70-27-31-84(32-28-70)106(35-39-115-63-81-59-109(103-99-81)55-67-45-75(93(13,14)15)51-76(46-67)94(16,17)18)36-40-116-64-82-60-110(104-100-82)56-68-47-77(95(19,20)21)52-78(48-68)96(22,23)24/h25-32,41-52,57-60,85-86H,33-40,53-56,61-64H2,1-24H3. The molecule has 1 saturated carbocycles. The van der Waals surface area contributed by atoms with E-state index in [-0.39, 0.29) is 81.3 Å². The van der Waals surface area contributed by atoms with E-state index in [0.717, 1.165) is 34.2 Å². The number of Topliss-reactive ketones (excluding diaryl/α,β-unsaturated/α-hetero) is 2. The summed E-state index contributed by atoms with van der Waals surface area (Å²) in [4.78, 5) is 33.2. The van der Waals surface area contributed by atoms with Crippen molar-refractivity contribution in [2.45, 2.75) is 274 Å². The summed E-state index contributed by atoms with van der Waals surface area (Å²) in [7, 11) is 0. The van der Waals surface area contributed by atoms with Crippen LogP contribution in [0.3, 0.4) is 0 Å². The molecule has 1 fully saturated rings. The average molecular weight is 1580 g/mol. The first kappa shape index (κ1) is 87.5. The van der Waals surface area contributed by atoms with Crippen LogP contribution in [0.4, 0.5) is 11.4 Å². The van der Waals surface area contributed by atoms with Crippen LogP contribution in [0.15, 0.2) is 146 Å². The Morgan fingerprint density at radius 1 is 0.284 bits per heavy atom. The van der Waals surface area contributed by atoms with Crippen LogP contribution in [0, 0.1) is 0 Å². The number of anilines is 2. The van der Waals surface area contributed by atoms with Gasteiger partial charge in [-0.2, -0.15) is 0 Å². The molecule has 0 bridgehead atoms. The molecule has 620 valence electrons. The van der Waals surface area contributed by atoms with Crippen molar-refractivity contribution < 1.29 is 28.5 Å². The van der Waals surface area contributed by atoms with Crippen LogP contribution in [0.2, 0.25) is 0 Å². The molecule has 0 atom stereocenters. The van der Waals surface area contributed by atoms with Gasteiger partial charge in [0.15, 0.2) is 11.6 Å². The molecule has 0 aliphatic heterocycles. The van der Waals surface area contributed by atoms with Gasteiger partial charge in [-0.25, -0.2) is 18.7 Å². The summed E-state index contributed by atoms with van der Waals surface area (Å²) in [6.07, 6.45) is 7.84. The Hall–Kier alpha value is -9.34. The van der Waals surface area contributed by atoms with Crippen LogP contribution in [0.25, 0.3) is 0 Å². The highest BCUT2D eigenvalue weighted by molar-refractivity contribution is 6.31. The molecule has 0 amide bonds. The summed E-state index contributed by atoms with van der Waals surface area (Å²) in [5, 5.41) is 36.1. The highest BCUT2D eigenvalue weighted by Gasteiger charge is 2.50. The largest absolute Gasteiger partial charge is 0.373 e. The predicted octanol–water partition coefficient (Wildman–Crippen LogP) is 18.1. The van der Waals surface area contributed by atoms with Gasteiger partial charge >= 0.3 is 0 Å². The van der Waals surface area contributed by atoms with Gasteiger partial charge in [0.2, 0.25) is 0 Å². The Kier molecular flexibility index (Phi) is 26.7. The van der Waals surface area contributed by atoms with E-state index < -0.39 is 11.8 Å². The molecule has 20 heteroatoms. The van der Waals surface area contributed by atoms with Gasteiger partial charge in [0, 0.05) is 37.6 Å². The molecule has 116 heavy (non-hydrogen) atoms. The van der Waals surface area contributed by atoms with Crippen molar-refractivity contribution in [2.75, 3.05) is 62.4 Å². The number of aromatic nitrogens is 12. The number of carbonyl (C=O) groups is 2.